The molecule has 0 aromatic rings. The predicted octanol–water partition coefficient (Wildman–Crippen LogP) is 0.242. The summed E-state index contributed by atoms with van der Waals surface area (Å²) in [5.74, 6) is -1.12. The number of Topliss-reactive ketones (excluding diaryl/α,β-unsaturated/α-hetero) is 1. The van der Waals surface area contributed by atoms with Crippen molar-refractivity contribution in [2.24, 2.45) is 5.92 Å². The van der Waals surface area contributed by atoms with Gasteiger partial charge < -0.3 is 35.3 Å². The maximum atomic E-state index is 11.8. The fraction of sp³-hybridized carbons (Fsp3) is 0.727. The molecular formula is C22H39N3O8. The molecule has 0 rings (SSSR count). The third kappa shape index (κ3) is 19.9. The summed E-state index contributed by atoms with van der Waals surface area (Å²) in [4.78, 5) is 46.4. The van der Waals surface area contributed by atoms with Gasteiger partial charge in [0.1, 0.15) is 13.2 Å². The second-order valence-corrected chi connectivity index (χ2v) is 7.34. The molecule has 0 saturated heterocycles. The number of carbonyl (C=O) groups is 4. The van der Waals surface area contributed by atoms with Crippen LogP contribution in [0.25, 0.3) is 0 Å². The van der Waals surface area contributed by atoms with Crippen molar-refractivity contribution in [2.45, 2.75) is 39.5 Å². The van der Waals surface area contributed by atoms with Crippen LogP contribution in [-0.2, 0) is 33.4 Å². The first-order valence-electron chi connectivity index (χ1n) is 11.2. The third-order valence-electron chi connectivity index (χ3n) is 4.33. The first-order valence-corrected chi connectivity index (χ1v) is 11.2. The number of ether oxygens (including phenoxy) is 3. The second-order valence-electron chi connectivity index (χ2n) is 7.34. The summed E-state index contributed by atoms with van der Waals surface area (Å²) >= 11 is 0. The maximum Gasteiger partial charge on any atom is 0.246 e. The lowest BCUT2D eigenvalue weighted by atomic mass is 10.1. The number of aliphatic hydroxyl groups excluding tert-OH is 1. The molecule has 0 saturated carbocycles. The number of hydrogen-bond donors (Lipinski definition) is 4. The molecule has 11 heteroatoms. The zero-order chi connectivity index (χ0) is 24.9. The van der Waals surface area contributed by atoms with E-state index in [4.69, 9.17) is 14.2 Å². The Labute approximate surface area is 195 Å². The molecule has 4 N–H and O–H groups in total. The monoisotopic (exact) mass is 473 g/mol. The van der Waals surface area contributed by atoms with Crippen LogP contribution in [0.15, 0.2) is 12.3 Å². The van der Waals surface area contributed by atoms with Gasteiger partial charge in [-0.3, -0.25) is 19.2 Å². The van der Waals surface area contributed by atoms with Crippen molar-refractivity contribution < 1.29 is 38.5 Å². The van der Waals surface area contributed by atoms with Gasteiger partial charge in [0.2, 0.25) is 17.7 Å². The van der Waals surface area contributed by atoms with Crippen LogP contribution in [0.1, 0.15) is 39.5 Å². The highest BCUT2D eigenvalue weighted by atomic mass is 16.5. The van der Waals surface area contributed by atoms with E-state index >= 15 is 0 Å². The summed E-state index contributed by atoms with van der Waals surface area (Å²) < 4.78 is 15.5. The molecule has 0 aliphatic rings. The quantitative estimate of drug-likeness (QED) is 0.137. The van der Waals surface area contributed by atoms with Crippen LogP contribution in [0.2, 0.25) is 0 Å². The topological polar surface area (TPSA) is 152 Å². The molecule has 0 radical (unpaired) electrons. The van der Waals surface area contributed by atoms with E-state index in [1.165, 1.54) is 0 Å². The molecule has 0 spiro atoms. The normalized spacial score (nSPS) is 11.5. The third-order valence-corrected chi connectivity index (χ3v) is 4.33. The molecule has 0 aromatic heterocycles. The van der Waals surface area contributed by atoms with Gasteiger partial charge in [0.25, 0.3) is 0 Å². The lowest BCUT2D eigenvalue weighted by molar-refractivity contribution is -0.126. The highest BCUT2D eigenvalue weighted by molar-refractivity contribution is 5.80. The van der Waals surface area contributed by atoms with E-state index < -0.39 is 0 Å². The molecule has 1 atom stereocenters. The van der Waals surface area contributed by atoms with Crippen molar-refractivity contribution in [3.8, 4) is 0 Å². The standard InChI is InChI=1S/C22H39N3O8/c1-4-31-16-22(30)25-10-11-32-12-13-33-15-19(27)6-5-8-23-20(28)7-9-24-21(29)14-17(2)18(3)26/h17,26H,3-16H2,1-2H3,(H,23,28)(H,24,29)(H,25,30). The van der Waals surface area contributed by atoms with Gasteiger partial charge in [-0.15, -0.1) is 0 Å². The lowest BCUT2D eigenvalue weighted by Gasteiger charge is -2.10. The molecule has 0 fully saturated rings. The Hall–Kier alpha value is -2.50. The van der Waals surface area contributed by atoms with E-state index in [0.717, 1.165) is 0 Å². The summed E-state index contributed by atoms with van der Waals surface area (Å²) in [5, 5.41) is 17.1. The molecular weight excluding hydrogens is 434 g/mol. The van der Waals surface area contributed by atoms with Gasteiger partial charge in [0.05, 0.1) is 25.6 Å². The minimum atomic E-state index is -0.335. The van der Waals surface area contributed by atoms with Crippen LogP contribution in [0.5, 0.6) is 0 Å². The van der Waals surface area contributed by atoms with E-state index in [9.17, 15) is 24.3 Å². The number of hydrogen-bond acceptors (Lipinski definition) is 8. The maximum absolute atomic E-state index is 11.8. The first kappa shape index (κ1) is 30.5. The van der Waals surface area contributed by atoms with Crippen molar-refractivity contribution in [2.75, 3.05) is 59.3 Å². The van der Waals surface area contributed by atoms with Gasteiger partial charge in [-0.25, -0.2) is 0 Å². The number of rotatable bonds is 21. The summed E-state index contributed by atoms with van der Waals surface area (Å²) in [7, 11) is 0. The minimum Gasteiger partial charge on any atom is -0.513 e. The largest absolute Gasteiger partial charge is 0.513 e. The average molecular weight is 474 g/mol. The summed E-state index contributed by atoms with van der Waals surface area (Å²) in [5.41, 5.74) is 0. The van der Waals surface area contributed by atoms with Crippen LogP contribution in [-0.4, -0.2) is 87.9 Å². The molecule has 0 aliphatic heterocycles. The van der Waals surface area contributed by atoms with Crippen molar-refractivity contribution in [3.63, 3.8) is 0 Å². The Balaban J connectivity index is 3.52. The number of allylic oxidation sites excluding steroid dienone is 1. The van der Waals surface area contributed by atoms with Gasteiger partial charge in [-0.2, -0.15) is 0 Å². The van der Waals surface area contributed by atoms with E-state index in [1.54, 1.807) is 6.92 Å². The molecule has 1 unspecified atom stereocenters. The molecule has 0 heterocycles. The molecule has 0 aromatic carbocycles. The summed E-state index contributed by atoms with van der Waals surface area (Å²) in [6, 6.07) is 0. The smallest absolute Gasteiger partial charge is 0.246 e. The first-order chi connectivity index (χ1) is 15.8. The van der Waals surface area contributed by atoms with Crippen LogP contribution in [0.3, 0.4) is 0 Å². The molecule has 3 amide bonds. The molecule has 33 heavy (non-hydrogen) atoms. The van der Waals surface area contributed by atoms with Gasteiger partial charge in [0, 0.05) is 51.4 Å². The van der Waals surface area contributed by atoms with Crippen LogP contribution >= 0.6 is 0 Å². The Morgan fingerprint density at radius 3 is 2.18 bits per heavy atom. The Morgan fingerprint density at radius 2 is 1.48 bits per heavy atom. The fourth-order valence-corrected chi connectivity index (χ4v) is 2.37. The van der Waals surface area contributed by atoms with Crippen LogP contribution in [0.4, 0.5) is 0 Å². The minimum absolute atomic E-state index is 0.0207. The number of nitrogens with one attached hydrogen (secondary N) is 3. The van der Waals surface area contributed by atoms with Crippen molar-refractivity contribution in [1.29, 1.82) is 0 Å². The summed E-state index contributed by atoms with van der Waals surface area (Å²) in [6.07, 6.45) is 1.02. The fourth-order valence-electron chi connectivity index (χ4n) is 2.37. The lowest BCUT2D eigenvalue weighted by Crippen LogP contribution is -2.32. The van der Waals surface area contributed by atoms with E-state index in [2.05, 4.69) is 22.5 Å². The SMILES string of the molecule is C=C(O)C(C)CC(=O)NCCC(=O)NCCCC(=O)COCCOCCNC(=O)COCC. The molecule has 0 bridgehead atoms. The van der Waals surface area contributed by atoms with Crippen molar-refractivity contribution in [1.82, 2.24) is 16.0 Å². The number of carbonyl (C=O) groups excluding carboxylic acids is 4. The van der Waals surface area contributed by atoms with Crippen LogP contribution < -0.4 is 16.0 Å². The number of aliphatic hydroxyl groups is 1. The zero-order valence-electron chi connectivity index (χ0n) is 19.8. The van der Waals surface area contributed by atoms with E-state index in [0.29, 0.717) is 39.3 Å². The number of ketones is 1. The van der Waals surface area contributed by atoms with Gasteiger partial charge in [-0.05, 0) is 13.3 Å². The Kier molecular flexibility index (Phi) is 18.6. The second kappa shape index (κ2) is 20.1. The van der Waals surface area contributed by atoms with Crippen molar-refractivity contribution >= 4 is 23.5 Å². The molecule has 190 valence electrons. The number of amides is 3. The van der Waals surface area contributed by atoms with Crippen molar-refractivity contribution in [3.05, 3.63) is 12.3 Å². The Bertz CT molecular complexity index is 612. The zero-order valence-corrected chi connectivity index (χ0v) is 19.8. The summed E-state index contributed by atoms with van der Waals surface area (Å²) in [6.45, 7) is 9.23. The molecule has 0 aliphatic carbocycles. The van der Waals surface area contributed by atoms with Gasteiger partial charge in [0.15, 0.2) is 5.78 Å². The molecule has 11 nitrogen and oxygen atoms in total. The van der Waals surface area contributed by atoms with Gasteiger partial charge in [-0.1, -0.05) is 13.5 Å². The van der Waals surface area contributed by atoms with E-state index in [-0.39, 0.29) is 80.8 Å². The Morgan fingerprint density at radius 1 is 0.818 bits per heavy atom. The van der Waals surface area contributed by atoms with Crippen LogP contribution in [0, 0.1) is 5.92 Å². The predicted molar refractivity (Wildman–Crippen MR) is 122 cm³/mol. The van der Waals surface area contributed by atoms with E-state index in [1.807, 2.05) is 6.92 Å². The average Bonchev–Trinajstić information content (AvgIpc) is 2.76. The highest BCUT2D eigenvalue weighted by Crippen LogP contribution is 2.08. The van der Waals surface area contributed by atoms with Gasteiger partial charge >= 0.3 is 0 Å². The highest BCUT2D eigenvalue weighted by Gasteiger charge is 2.11.